The smallest absolute Gasteiger partial charge is 0.434 e. The van der Waals surface area contributed by atoms with Gasteiger partial charge < -0.3 is 14.0 Å². The zero-order chi connectivity index (χ0) is 19.5. The third-order valence-electron chi connectivity index (χ3n) is 4.91. The summed E-state index contributed by atoms with van der Waals surface area (Å²) in [4.78, 5) is 16.3. The Balaban J connectivity index is 1.96. The highest BCUT2D eigenvalue weighted by molar-refractivity contribution is 5.87. The van der Waals surface area contributed by atoms with Crippen LogP contribution in [0.3, 0.4) is 0 Å². The number of fused-ring (bicyclic) bond motifs is 1. The maximum atomic E-state index is 13.5. The lowest BCUT2D eigenvalue weighted by Gasteiger charge is -2.18. The normalized spacial score (nSPS) is 13.1. The summed E-state index contributed by atoms with van der Waals surface area (Å²) in [6.45, 7) is 2.77. The van der Waals surface area contributed by atoms with Crippen LogP contribution in [0.5, 0.6) is 5.75 Å². The van der Waals surface area contributed by atoms with E-state index >= 15 is 0 Å². The molecule has 0 amide bonds. The number of halogens is 1. The largest absolute Gasteiger partial charge is 0.513 e. The number of carbonyl (C=O) groups is 1. The van der Waals surface area contributed by atoms with Gasteiger partial charge in [0, 0.05) is 35.8 Å². The molecular weight excluding hydrogens is 359 g/mol. The Morgan fingerprint density at radius 2 is 1.86 bits per heavy atom. The molecule has 6 heteroatoms. The van der Waals surface area contributed by atoms with Gasteiger partial charge in [-0.1, -0.05) is 0 Å². The molecule has 0 saturated carbocycles. The monoisotopic (exact) mass is 380 g/mol. The first-order chi connectivity index (χ1) is 13.7. The van der Waals surface area contributed by atoms with Gasteiger partial charge in [0.25, 0.3) is 0 Å². The van der Waals surface area contributed by atoms with Gasteiger partial charge in [-0.05, 0) is 68.1 Å². The molecule has 1 aliphatic heterocycles. The van der Waals surface area contributed by atoms with Crippen LogP contribution < -0.4 is 4.74 Å². The number of nitrogens with zero attached hydrogens (tertiary/aromatic N) is 2. The van der Waals surface area contributed by atoms with Gasteiger partial charge in [0.15, 0.2) is 5.75 Å². The molecule has 0 fully saturated rings. The maximum Gasteiger partial charge on any atom is 0.513 e. The molecule has 5 nitrogen and oxygen atoms in total. The standard InChI is InChI=1S/C22H21FN2O3/c1-2-27-22(26)28-21-19(15-10-12-24-13-11-15)18-5-3-4-14-25(18)20(21)16-6-8-17(23)9-7-16/h6-13H,2-5,14H2,1H3. The van der Waals surface area contributed by atoms with Crippen molar-refractivity contribution in [3.8, 4) is 28.1 Å². The Kier molecular flexibility index (Phi) is 5.10. The lowest BCUT2D eigenvalue weighted by molar-refractivity contribution is 0.104. The fourth-order valence-electron chi connectivity index (χ4n) is 3.75. The van der Waals surface area contributed by atoms with Gasteiger partial charge in [0.1, 0.15) is 5.82 Å². The van der Waals surface area contributed by atoms with E-state index in [1.165, 1.54) is 12.1 Å². The average molecular weight is 380 g/mol. The van der Waals surface area contributed by atoms with Crippen molar-refractivity contribution in [3.05, 3.63) is 60.3 Å². The molecule has 0 unspecified atom stereocenters. The van der Waals surface area contributed by atoms with Crippen LogP contribution in [0.25, 0.3) is 22.4 Å². The Labute approximate surface area is 162 Å². The summed E-state index contributed by atoms with van der Waals surface area (Å²) in [6, 6.07) is 10.0. The number of aromatic nitrogens is 2. The maximum absolute atomic E-state index is 13.5. The molecule has 1 aliphatic rings. The second-order valence-electron chi connectivity index (χ2n) is 6.64. The fourth-order valence-corrected chi connectivity index (χ4v) is 3.75. The minimum absolute atomic E-state index is 0.225. The van der Waals surface area contributed by atoms with Crippen LogP contribution in [0.2, 0.25) is 0 Å². The van der Waals surface area contributed by atoms with E-state index in [1.807, 2.05) is 12.1 Å². The van der Waals surface area contributed by atoms with Gasteiger partial charge >= 0.3 is 6.16 Å². The summed E-state index contributed by atoms with van der Waals surface area (Å²) < 4.78 is 26.4. The van der Waals surface area contributed by atoms with Crippen LogP contribution in [0.4, 0.5) is 9.18 Å². The zero-order valence-corrected chi connectivity index (χ0v) is 15.7. The Morgan fingerprint density at radius 1 is 1.11 bits per heavy atom. The van der Waals surface area contributed by atoms with E-state index in [0.717, 1.165) is 53.9 Å². The first-order valence-electron chi connectivity index (χ1n) is 9.45. The zero-order valence-electron chi connectivity index (χ0n) is 15.7. The van der Waals surface area contributed by atoms with Gasteiger partial charge in [-0.15, -0.1) is 0 Å². The van der Waals surface area contributed by atoms with E-state index in [-0.39, 0.29) is 12.4 Å². The second-order valence-corrected chi connectivity index (χ2v) is 6.64. The van der Waals surface area contributed by atoms with Gasteiger partial charge in [-0.25, -0.2) is 9.18 Å². The Bertz CT molecular complexity index is 981. The molecule has 0 atom stereocenters. The van der Waals surface area contributed by atoms with Crippen molar-refractivity contribution in [1.29, 1.82) is 0 Å². The number of pyridine rings is 1. The van der Waals surface area contributed by atoms with Crippen molar-refractivity contribution in [2.24, 2.45) is 0 Å². The van der Waals surface area contributed by atoms with Crippen molar-refractivity contribution in [2.75, 3.05) is 6.61 Å². The van der Waals surface area contributed by atoms with E-state index in [2.05, 4.69) is 9.55 Å². The first kappa shape index (κ1) is 18.2. The highest BCUT2D eigenvalue weighted by atomic mass is 19.1. The molecule has 0 aliphatic carbocycles. The van der Waals surface area contributed by atoms with Crippen molar-refractivity contribution in [3.63, 3.8) is 0 Å². The number of ether oxygens (including phenoxy) is 2. The number of hydrogen-bond donors (Lipinski definition) is 0. The van der Waals surface area contributed by atoms with E-state index in [4.69, 9.17) is 9.47 Å². The summed E-state index contributed by atoms with van der Waals surface area (Å²) in [5, 5.41) is 0. The van der Waals surface area contributed by atoms with Gasteiger partial charge in [-0.3, -0.25) is 4.98 Å². The highest BCUT2D eigenvalue weighted by Crippen LogP contribution is 2.46. The molecule has 3 aromatic rings. The fraction of sp³-hybridized carbons (Fsp3) is 0.273. The Morgan fingerprint density at radius 3 is 2.57 bits per heavy atom. The number of carbonyl (C=O) groups excluding carboxylic acids is 1. The molecule has 1 aromatic carbocycles. The summed E-state index contributed by atoms with van der Waals surface area (Å²) in [5.74, 6) is 0.143. The van der Waals surface area contributed by atoms with Gasteiger partial charge in [0.2, 0.25) is 0 Å². The highest BCUT2D eigenvalue weighted by Gasteiger charge is 2.29. The predicted molar refractivity (Wildman–Crippen MR) is 104 cm³/mol. The molecule has 0 saturated heterocycles. The topological polar surface area (TPSA) is 53.4 Å². The van der Waals surface area contributed by atoms with Gasteiger partial charge in [-0.2, -0.15) is 0 Å². The quantitative estimate of drug-likeness (QED) is 0.582. The summed E-state index contributed by atoms with van der Waals surface area (Å²) in [6.07, 6.45) is 5.65. The van der Waals surface area contributed by atoms with E-state index in [0.29, 0.717) is 5.75 Å². The SMILES string of the molecule is CCOC(=O)Oc1c(-c2ccncc2)c2n(c1-c1ccc(F)cc1)CCCC2. The van der Waals surface area contributed by atoms with Crippen LogP contribution in [-0.2, 0) is 17.7 Å². The third kappa shape index (κ3) is 3.38. The molecule has 3 heterocycles. The number of rotatable bonds is 4. The molecule has 0 bridgehead atoms. The second kappa shape index (κ2) is 7.84. The lowest BCUT2D eigenvalue weighted by Crippen LogP contribution is -2.12. The van der Waals surface area contributed by atoms with Crippen LogP contribution in [0.15, 0.2) is 48.8 Å². The number of benzene rings is 1. The minimum Gasteiger partial charge on any atom is -0.434 e. The predicted octanol–water partition coefficient (Wildman–Crippen LogP) is 5.23. The summed E-state index contributed by atoms with van der Waals surface area (Å²) >= 11 is 0. The summed E-state index contributed by atoms with van der Waals surface area (Å²) in [5.41, 5.74) is 4.47. The van der Waals surface area contributed by atoms with Gasteiger partial charge in [0.05, 0.1) is 12.3 Å². The molecule has 0 radical (unpaired) electrons. The first-order valence-corrected chi connectivity index (χ1v) is 9.45. The van der Waals surface area contributed by atoms with Crippen molar-refractivity contribution in [2.45, 2.75) is 32.7 Å². The molecule has 2 aromatic heterocycles. The van der Waals surface area contributed by atoms with Crippen LogP contribution in [0, 0.1) is 5.82 Å². The van der Waals surface area contributed by atoms with Crippen molar-refractivity contribution >= 4 is 6.16 Å². The number of hydrogen-bond acceptors (Lipinski definition) is 4. The van der Waals surface area contributed by atoms with E-state index in [1.54, 1.807) is 31.5 Å². The van der Waals surface area contributed by atoms with E-state index in [9.17, 15) is 9.18 Å². The van der Waals surface area contributed by atoms with E-state index < -0.39 is 6.16 Å². The molecular formula is C22H21FN2O3. The minimum atomic E-state index is -0.746. The molecule has 0 spiro atoms. The van der Waals surface area contributed by atoms with Crippen molar-refractivity contribution in [1.82, 2.24) is 9.55 Å². The van der Waals surface area contributed by atoms with Crippen LogP contribution in [-0.4, -0.2) is 22.3 Å². The average Bonchev–Trinajstić information content (AvgIpc) is 3.03. The lowest BCUT2D eigenvalue weighted by atomic mass is 10.0. The molecule has 144 valence electrons. The Hall–Kier alpha value is -3.15. The van der Waals surface area contributed by atoms with Crippen LogP contribution >= 0.6 is 0 Å². The van der Waals surface area contributed by atoms with Crippen LogP contribution in [0.1, 0.15) is 25.5 Å². The third-order valence-corrected chi connectivity index (χ3v) is 4.91. The molecule has 4 rings (SSSR count). The summed E-state index contributed by atoms with van der Waals surface area (Å²) in [7, 11) is 0. The molecule has 0 N–H and O–H groups in total. The molecule has 28 heavy (non-hydrogen) atoms. The van der Waals surface area contributed by atoms with Crippen molar-refractivity contribution < 1.29 is 18.7 Å².